The van der Waals surface area contributed by atoms with E-state index in [2.05, 4.69) is 5.32 Å². The van der Waals surface area contributed by atoms with Crippen LogP contribution >= 0.6 is 46.4 Å². The van der Waals surface area contributed by atoms with Gasteiger partial charge in [0.25, 0.3) is 0 Å². The number of anilines is 1. The zero-order valence-corrected chi connectivity index (χ0v) is 16.1. The van der Waals surface area contributed by atoms with Crippen LogP contribution in [0.2, 0.25) is 20.1 Å². The molecule has 0 spiro atoms. The zero-order valence-electron chi connectivity index (χ0n) is 13.1. The Morgan fingerprint density at radius 3 is 2.25 bits per heavy atom. The largest absolute Gasteiger partial charge is 0.395 e. The Labute approximate surface area is 162 Å². The van der Waals surface area contributed by atoms with E-state index in [1.165, 1.54) is 12.5 Å². The minimum atomic E-state index is -0.267. The van der Waals surface area contributed by atoms with Gasteiger partial charge in [0.15, 0.2) is 0 Å². The Kier molecular flexibility index (Phi) is 7.92. The average molecular weight is 414 g/mol. The Balaban J connectivity index is 2.08. The average Bonchev–Trinajstić information content (AvgIpc) is 2.57. The highest BCUT2D eigenvalue weighted by Gasteiger charge is 2.24. The molecule has 1 aliphatic rings. The quantitative estimate of drug-likeness (QED) is 0.654. The van der Waals surface area contributed by atoms with Gasteiger partial charge in [0.1, 0.15) is 0 Å². The normalized spacial score (nSPS) is 15.8. The fourth-order valence-electron chi connectivity index (χ4n) is 3.01. The lowest BCUT2D eigenvalue weighted by Crippen LogP contribution is -2.43. The molecule has 0 heterocycles. The van der Waals surface area contributed by atoms with Crippen molar-refractivity contribution in [3.8, 4) is 0 Å². The van der Waals surface area contributed by atoms with Crippen LogP contribution in [0.4, 0.5) is 5.69 Å². The molecule has 134 valence electrons. The molecule has 0 unspecified atom stereocenters. The second-order valence-electron chi connectivity index (χ2n) is 5.88. The number of halogens is 4. The number of nitrogens with one attached hydrogen (secondary N) is 1. The first kappa shape index (κ1) is 20.1. The number of amides is 1. The van der Waals surface area contributed by atoms with Crippen LogP contribution in [0.3, 0.4) is 0 Å². The number of aliphatic hydroxyl groups is 1. The first-order valence-corrected chi connectivity index (χ1v) is 9.43. The second kappa shape index (κ2) is 9.46. The van der Waals surface area contributed by atoms with E-state index in [1.54, 1.807) is 0 Å². The van der Waals surface area contributed by atoms with Crippen molar-refractivity contribution < 1.29 is 9.90 Å². The number of carbonyl (C=O) groups excluding carboxylic acids is 1. The van der Waals surface area contributed by atoms with Gasteiger partial charge >= 0.3 is 0 Å². The molecule has 0 aromatic heterocycles. The van der Waals surface area contributed by atoms with Crippen molar-refractivity contribution in [3.05, 3.63) is 26.2 Å². The van der Waals surface area contributed by atoms with Crippen LogP contribution in [0.15, 0.2) is 6.07 Å². The van der Waals surface area contributed by atoms with Gasteiger partial charge in [0.2, 0.25) is 5.91 Å². The van der Waals surface area contributed by atoms with Crippen molar-refractivity contribution in [2.75, 3.05) is 25.0 Å². The third kappa shape index (κ3) is 5.13. The zero-order chi connectivity index (χ0) is 17.7. The van der Waals surface area contributed by atoms with Crippen LogP contribution in [0.1, 0.15) is 32.1 Å². The van der Waals surface area contributed by atoms with E-state index in [0.29, 0.717) is 12.6 Å². The molecular weight excluding hydrogens is 394 g/mol. The molecule has 24 heavy (non-hydrogen) atoms. The van der Waals surface area contributed by atoms with E-state index in [0.717, 1.165) is 25.7 Å². The molecule has 1 saturated carbocycles. The highest BCUT2D eigenvalue weighted by Crippen LogP contribution is 2.41. The molecule has 1 amide bonds. The van der Waals surface area contributed by atoms with Crippen molar-refractivity contribution >= 4 is 58.0 Å². The van der Waals surface area contributed by atoms with Crippen molar-refractivity contribution in [2.45, 2.75) is 38.1 Å². The van der Waals surface area contributed by atoms with Gasteiger partial charge in [-0.2, -0.15) is 0 Å². The topological polar surface area (TPSA) is 52.6 Å². The molecule has 0 atom stereocenters. The van der Waals surface area contributed by atoms with E-state index in [1.807, 2.05) is 4.90 Å². The summed E-state index contributed by atoms with van der Waals surface area (Å²) < 4.78 is 0. The van der Waals surface area contributed by atoms with Crippen LogP contribution in [-0.4, -0.2) is 41.7 Å². The Morgan fingerprint density at radius 2 is 1.71 bits per heavy atom. The first-order valence-electron chi connectivity index (χ1n) is 7.91. The molecule has 1 aromatic rings. The summed E-state index contributed by atoms with van der Waals surface area (Å²) in [5.74, 6) is -0.267. The van der Waals surface area contributed by atoms with Crippen LogP contribution in [0.25, 0.3) is 0 Å². The third-order valence-electron chi connectivity index (χ3n) is 4.20. The fourth-order valence-corrected chi connectivity index (χ4v) is 3.92. The molecule has 2 rings (SSSR count). The summed E-state index contributed by atoms with van der Waals surface area (Å²) in [6.45, 7) is 0.617. The molecule has 8 heteroatoms. The molecular formula is C16H20Cl4N2O2. The number of nitrogens with zero attached hydrogens (tertiary/aromatic N) is 1. The number of carbonyl (C=O) groups is 1. The van der Waals surface area contributed by atoms with Crippen LogP contribution in [-0.2, 0) is 4.79 Å². The number of benzene rings is 1. The second-order valence-corrected chi connectivity index (χ2v) is 7.45. The molecule has 2 N–H and O–H groups in total. The van der Waals surface area contributed by atoms with Crippen molar-refractivity contribution in [1.29, 1.82) is 0 Å². The summed E-state index contributed by atoms with van der Waals surface area (Å²) in [5, 5.41) is 12.7. The van der Waals surface area contributed by atoms with Gasteiger partial charge in [-0.25, -0.2) is 0 Å². The van der Waals surface area contributed by atoms with Gasteiger partial charge in [-0.15, -0.1) is 0 Å². The molecule has 0 saturated heterocycles. The Hall–Kier alpha value is -0.230. The maximum atomic E-state index is 12.4. The minimum absolute atomic E-state index is 0.00822. The van der Waals surface area contributed by atoms with Crippen LogP contribution in [0.5, 0.6) is 0 Å². The van der Waals surface area contributed by atoms with Gasteiger partial charge in [-0.05, 0) is 18.9 Å². The van der Waals surface area contributed by atoms with Crippen LogP contribution < -0.4 is 5.32 Å². The van der Waals surface area contributed by atoms with Gasteiger partial charge in [0, 0.05) is 12.6 Å². The summed E-state index contributed by atoms with van der Waals surface area (Å²) in [5.41, 5.74) is 0.216. The summed E-state index contributed by atoms with van der Waals surface area (Å²) in [6.07, 6.45) is 5.60. The Bertz CT molecular complexity index is 566. The van der Waals surface area contributed by atoms with E-state index in [4.69, 9.17) is 46.4 Å². The van der Waals surface area contributed by atoms with Crippen molar-refractivity contribution in [3.63, 3.8) is 0 Å². The summed E-state index contributed by atoms with van der Waals surface area (Å²) in [4.78, 5) is 14.4. The highest BCUT2D eigenvalue weighted by atomic mass is 35.5. The van der Waals surface area contributed by atoms with E-state index in [-0.39, 0.29) is 44.8 Å². The van der Waals surface area contributed by atoms with E-state index >= 15 is 0 Å². The smallest absolute Gasteiger partial charge is 0.238 e. The molecule has 4 nitrogen and oxygen atoms in total. The van der Waals surface area contributed by atoms with Gasteiger partial charge in [-0.1, -0.05) is 65.7 Å². The van der Waals surface area contributed by atoms with Gasteiger partial charge < -0.3 is 10.4 Å². The lowest BCUT2D eigenvalue weighted by atomic mass is 9.94. The fraction of sp³-hybridized carbons (Fsp3) is 0.562. The lowest BCUT2D eigenvalue weighted by molar-refractivity contribution is -0.118. The monoisotopic (exact) mass is 412 g/mol. The molecule has 1 aromatic carbocycles. The summed E-state index contributed by atoms with van der Waals surface area (Å²) in [7, 11) is 0. The molecule has 0 bridgehead atoms. The maximum absolute atomic E-state index is 12.4. The minimum Gasteiger partial charge on any atom is -0.395 e. The predicted molar refractivity (Wildman–Crippen MR) is 101 cm³/mol. The number of aliphatic hydroxyl groups excluding tert-OH is 1. The van der Waals surface area contributed by atoms with Gasteiger partial charge in [-0.3, -0.25) is 9.69 Å². The molecule has 0 radical (unpaired) electrons. The van der Waals surface area contributed by atoms with E-state index in [9.17, 15) is 9.90 Å². The van der Waals surface area contributed by atoms with Crippen molar-refractivity contribution in [1.82, 2.24) is 4.90 Å². The summed E-state index contributed by atoms with van der Waals surface area (Å²) in [6, 6.07) is 1.74. The molecule has 1 fully saturated rings. The van der Waals surface area contributed by atoms with Crippen molar-refractivity contribution in [2.24, 2.45) is 0 Å². The predicted octanol–water partition coefficient (Wildman–Crippen LogP) is 4.87. The molecule has 0 aliphatic heterocycles. The highest BCUT2D eigenvalue weighted by molar-refractivity contribution is 6.50. The molecule has 1 aliphatic carbocycles. The van der Waals surface area contributed by atoms with E-state index < -0.39 is 0 Å². The number of hydrogen-bond donors (Lipinski definition) is 2. The third-order valence-corrected chi connectivity index (χ3v) is 5.78. The SMILES string of the molecule is O=C(CN(CCO)C1CCCCC1)Nc1c(Cl)c(Cl)cc(Cl)c1Cl. The summed E-state index contributed by atoms with van der Waals surface area (Å²) >= 11 is 24.2. The van der Waals surface area contributed by atoms with Crippen LogP contribution in [0, 0.1) is 0 Å². The number of hydrogen-bond acceptors (Lipinski definition) is 3. The van der Waals surface area contributed by atoms with Gasteiger partial charge in [0.05, 0.1) is 38.9 Å². The number of rotatable bonds is 6. The maximum Gasteiger partial charge on any atom is 0.238 e. The standard InChI is InChI=1S/C16H20Cl4N2O2/c17-11-8-12(18)15(20)16(14(11)19)21-13(24)9-22(6-7-23)10-4-2-1-3-5-10/h8,10,23H,1-7,9H2,(H,21,24). The Morgan fingerprint density at radius 1 is 1.12 bits per heavy atom. The first-order chi connectivity index (χ1) is 11.4. The lowest BCUT2D eigenvalue weighted by Gasteiger charge is -2.33.